The van der Waals surface area contributed by atoms with E-state index in [1.165, 1.54) is 18.2 Å². The van der Waals surface area contributed by atoms with E-state index in [4.69, 9.17) is 11.6 Å². The summed E-state index contributed by atoms with van der Waals surface area (Å²) in [5.74, 6) is -0.429. The molecule has 0 aliphatic carbocycles. The summed E-state index contributed by atoms with van der Waals surface area (Å²) < 4.78 is 0. The summed E-state index contributed by atoms with van der Waals surface area (Å²) in [5, 5.41) is 16.5. The molecule has 0 saturated heterocycles. The predicted octanol–water partition coefficient (Wildman–Crippen LogP) is 3.56. The van der Waals surface area contributed by atoms with Crippen molar-refractivity contribution < 1.29 is 14.5 Å². The number of nitro groups is 1. The molecule has 0 fully saturated rings. The third kappa shape index (κ3) is 6.44. The van der Waals surface area contributed by atoms with Crippen molar-refractivity contribution in [1.82, 2.24) is 0 Å². The summed E-state index contributed by atoms with van der Waals surface area (Å²) in [6.07, 6.45) is 0. The number of benzene rings is 2. The molecule has 0 aliphatic rings. The van der Waals surface area contributed by atoms with E-state index in [9.17, 15) is 19.7 Å². The maximum absolute atomic E-state index is 11.8. The van der Waals surface area contributed by atoms with Crippen LogP contribution in [0.5, 0.6) is 0 Å². The van der Waals surface area contributed by atoms with Gasteiger partial charge in [0.25, 0.3) is 5.69 Å². The van der Waals surface area contributed by atoms with E-state index in [0.717, 1.165) is 11.8 Å². The number of halogens is 1. The van der Waals surface area contributed by atoms with Crippen LogP contribution in [0.2, 0.25) is 5.02 Å². The van der Waals surface area contributed by atoms with Gasteiger partial charge in [-0.3, -0.25) is 19.7 Å². The minimum absolute atomic E-state index is 0.0523. The number of nitrogens with one attached hydrogen (secondary N) is 2. The Kier molecular flexibility index (Phi) is 6.79. The lowest BCUT2D eigenvalue weighted by atomic mass is 10.3. The molecule has 2 aromatic carbocycles. The van der Waals surface area contributed by atoms with Crippen molar-refractivity contribution in [3.05, 3.63) is 63.7 Å². The van der Waals surface area contributed by atoms with Gasteiger partial charge < -0.3 is 10.6 Å². The molecular formula is C16H14ClN3O4S. The zero-order valence-corrected chi connectivity index (χ0v) is 14.5. The summed E-state index contributed by atoms with van der Waals surface area (Å²) in [5.41, 5.74) is 0.856. The second-order valence-corrected chi connectivity index (χ2v) is 6.33. The average Bonchev–Trinajstić information content (AvgIpc) is 2.57. The Morgan fingerprint density at radius 3 is 2.20 bits per heavy atom. The number of anilines is 2. The van der Waals surface area contributed by atoms with Crippen LogP contribution in [0.25, 0.3) is 0 Å². The van der Waals surface area contributed by atoms with Gasteiger partial charge in [0, 0.05) is 28.5 Å². The number of nitrogens with zero attached hydrogens (tertiary/aromatic N) is 1. The summed E-state index contributed by atoms with van der Waals surface area (Å²) in [6.45, 7) is 0. The highest BCUT2D eigenvalue weighted by Crippen LogP contribution is 2.17. The largest absolute Gasteiger partial charge is 0.325 e. The van der Waals surface area contributed by atoms with Crippen LogP contribution < -0.4 is 10.6 Å². The number of hydrogen-bond donors (Lipinski definition) is 2. The Morgan fingerprint density at radius 2 is 1.60 bits per heavy atom. The summed E-state index contributed by atoms with van der Waals surface area (Å²) in [6, 6.07) is 12.3. The molecular weight excluding hydrogens is 366 g/mol. The zero-order valence-electron chi connectivity index (χ0n) is 12.9. The lowest BCUT2D eigenvalue weighted by molar-refractivity contribution is -0.384. The van der Waals surface area contributed by atoms with E-state index in [1.807, 2.05) is 0 Å². The fourth-order valence-corrected chi connectivity index (χ4v) is 2.60. The van der Waals surface area contributed by atoms with Crippen LogP contribution in [0.15, 0.2) is 48.5 Å². The van der Waals surface area contributed by atoms with Crippen LogP contribution >= 0.6 is 23.4 Å². The first-order valence-electron chi connectivity index (χ1n) is 7.11. The van der Waals surface area contributed by atoms with Crippen LogP contribution in [-0.4, -0.2) is 28.2 Å². The summed E-state index contributed by atoms with van der Waals surface area (Å²) in [4.78, 5) is 33.8. The number of rotatable bonds is 7. The summed E-state index contributed by atoms with van der Waals surface area (Å²) in [7, 11) is 0. The van der Waals surface area contributed by atoms with Crippen LogP contribution in [0.1, 0.15) is 0 Å². The molecule has 25 heavy (non-hydrogen) atoms. The first-order chi connectivity index (χ1) is 11.9. The van der Waals surface area contributed by atoms with Gasteiger partial charge in [-0.1, -0.05) is 17.7 Å². The predicted molar refractivity (Wildman–Crippen MR) is 99.1 cm³/mol. The molecule has 2 N–H and O–H groups in total. The van der Waals surface area contributed by atoms with E-state index in [1.54, 1.807) is 30.3 Å². The van der Waals surface area contributed by atoms with Gasteiger partial charge in [-0.15, -0.1) is 11.8 Å². The van der Waals surface area contributed by atoms with Gasteiger partial charge >= 0.3 is 0 Å². The molecule has 2 amide bonds. The SMILES string of the molecule is O=C(CSCC(=O)Nc1cccc([N+](=O)[O-])c1)Nc1ccc(Cl)cc1. The Balaban J connectivity index is 1.74. The Bertz CT molecular complexity index is 783. The number of carbonyl (C=O) groups is 2. The number of amides is 2. The Hall–Kier alpha value is -2.58. The molecule has 0 bridgehead atoms. The van der Waals surface area contributed by atoms with Gasteiger partial charge in [0.05, 0.1) is 16.4 Å². The van der Waals surface area contributed by atoms with Crippen molar-refractivity contribution in [3.63, 3.8) is 0 Å². The third-order valence-electron chi connectivity index (χ3n) is 2.94. The first-order valence-corrected chi connectivity index (χ1v) is 8.65. The smallest absolute Gasteiger partial charge is 0.271 e. The molecule has 7 nitrogen and oxygen atoms in total. The maximum Gasteiger partial charge on any atom is 0.271 e. The fourth-order valence-electron chi connectivity index (χ4n) is 1.86. The van der Waals surface area contributed by atoms with Crippen LogP contribution in [0.3, 0.4) is 0 Å². The topological polar surface area (TPSA) is 101 Å². The van der Waals surface area contributed by atoms with Gasteiger partial charge in [0.2, 0.25) is 11.8 Å². The van der Waals surface area contributed by atoms with Crippen molar-refractivity contribution in [2.45, 2.75) is 0 Å². The molecule has 0 saturated carbocycles. The zero-order chi connectivity index (χ0) is 18.2. The molecule has 0 heterocycles. The van der Waals surface area contributed by atoms with E-state index in [-0.39, 0.29) is 29.0 Å². The average molecular weight is 380 g/mol. The summed E-state index contributed by atoms with van der Waals surface area (Å²) >= 11 is 6.90. The molecule has 0 spiro atoms. The Labute approximate surface area is 152 Å². The molecule has 130 valence electrons. The van der Waals surface area contributed by atoms with Crippen LogP contribution in [0.4, 0.5) is 17.1 Å². The molecule has 0 unspecified atom stereocenters. The van der Waals surface area contributed by atoms with Crippen molar-refractivity contribution in [3.8, 4) is 0 Å². The van der Waals surface area contributed by atoms with Crippen molar-refractivity contribution >= 4 is 52.2 Å². The second kappa shape index (κ2) is 9.05. The van der Waals surface area contributed by atoms with Crippen LogP contribution in [-0.2, 0) is 9.59 Å². The fraction of sp³-hybridized carbons (Fsp3) is 0.125. The highest BCUT2D eigenvalue weighted by molar-refractivity contribution is 8.00. The highest BCUT2D eigenvalue weighted by atomic mass is 35.5. The quantitative estimate of drug-likeness (QED) is 0.565. The Morgan fingerprint density at radius 1 is 1.00 bits per heavy atom. The van der Waals surface area contributed by atoms with Crippen molar-refractivity contribution in [2.75, 3.05) is 22.1 Å². The minimum atomic E-state index is -0.536. The van der Waals surface area contributed by atoms with Crippen molar-refractivity contribution in [2.24, 2.45) is 0 Å². The molecule has 0 radical (unpaired) electrons. The van der Waals surface area contributed by atoms with Gasteiger partial charge in [-0.2, -0.15) is 0 Å². The lowest BCUT2D eigenvalue weighted by Gasteiger charge is -2.06. The van der Waals surface area contributed by atoms with Crippen LogP contribution in [0, 0.1) is 10.1 Å². The molecule has 0 atom stereocenters. The standard InChI is InChI=1S/C16H14ClN3O4S/c17-11-4-6-12(7-5-11)18-15(21)9-25-10-16(22)19-13-2-1-3-14(8-13)20(23)24/h1-8H,9-10H2,(H,18,21)(H,19,22). The van der Waals surface area contributed by atoms with E-state index in [0.29, 0.717) is 16.4 Å². The van der Waals surface area contributed by atoms with Crippen molar-refractivity contribution in [1.29, 1.82) is 0 Å². The van der Waals surface area contributed by atoms with E-state index >= 15 is 0 Å². The molecule has 9 heteroatoms. The molecule has 0 aromatic heterocycles. The first kappa shape index (κ1) is 18.8. The molecule has 2 aromatic rings. The monoisotopic (exact) mass is 379 g/mol. The number of thioether (sulfide) groups is 1. The molecule has 0 aliphatic heterocycles. The number of nitro benzene ring substituents is 1. The van der Waals surface area contributed by atoms with Gasteiger partial charge in [-0.25, -0.2) is 0 Å². The highest BCUT2D eigenvalue weighted by Gasteiger charge is 2.09. The number of hydrogen-bond acceptors (Lipinski definition) is 5. The van der Waals surface area contributed by atoms with E-state index < -0.39 is 4.92 Å². The van der Waals surface area contributed by atoms with Gasteiger partial charge in [0.1, 0.15) is 0 Å². The maximum atomic E-state index is 11.8. The number of non-ortho nitro benzene ring substituents is 1. The van der Waals surface area contributed by atoms with Gasteiger partial charge in [0.15, 0.2) is 0 Å². The van der Waals surface area contributed by atoms with E-state index in [2.05, 4.69) is 10.6 Å². The normalized spacial score (nSPS) is 10.1. The minimum Gasteiger partial charge on any atom is -0.325 e. The molecule has 2 rings (SSSR count). The number of carbonyl (C=O) groups excluding carboxylic acids is 2. The third-order valence-corrected chi connectivity index (χ3v) is 4.12. The van der Waals surface area contributed by atoms with Gasteiger partial charge in [-0.05, 0) is 30.3 Å². The second-order valence-electron chi connectivity index (χ2n) is 4.90. The lowest BCUT2D eigenvalue weighted by Crippen LogP contribution is -2.18.